The first kappa shape index (κ1) is 12.9. The van der Waals surface area contributed by atoms with Gasteiger partial charge in [0.25, 0.3) is 5.91 Å². The van der Waals surface area contributed by atoms with Crippen molar-refractivity contribution in [2.75, 3.05) is 23.8 Å². The van der Waals surface area contributed by atoms with Crippen LogP contribution in [-0.2, 0) is 16.9 Å². The summed E-state index contributed by atoms with van der Waals surface area (Å²) in [5.41, 5.74) is 6.60. The molecule has 7 heteroatoms. The lowest BCUT2D eigenvalue weighted by molar-refractivity contribution is 0.0940. The fourth-order valence-electron chi connectivity index (χ4n) is 2.18. The fourth-order valence-corrected chi connectivity index (χ4v) is 4.04. The number of hydrogen-bond donors (Lipinski definition) is 2. The van der Waals surface area contributed by atoms with Gasteiger partial charge in [-0.3, -0.25) is 4.79 Å². The maximum absolute atomic E-state index is 11.9. The lowest BCUT2D eigenvalue weighted by Gasteiger charge is -2.09. The molecular weight excluding hydrogens is 254 g/mol. The molecule has 1 atom stereocenters. The Labute approximate surface area is 106 Å². The van der Waals surface area contributed by atoms with Crippen molar-refractivity contribution < 1.29 is 13.2 Å². The largest absolute Gasteiger partial charge is 0.397 e. The second-order valence-electron chi connectivity index (χ2n) is 4.75. The number of anilines is 1. The molecule has 3 N–H and O–H groups in total. The summed E-state index contributed by atoms with van der Waals surface area (Å²) in [6, 6.07) is 1.60. The molecule has 0 spiro atoms. The molecule has 1 aliphatic heterocycles. The first-order valence-corrected chi connectivity index (χ1v) is 7.60. The Morgan fingerprint density at radius 1 is 1.61 bits per heavy atom. The van der Waals surface area contributed by atoms with E-state index in [9.17, 15) is 13.2 Å². The Hall–Kier alpha value is -1.50. The number of nitrogens with one attached hydrogen (secondary N) is 1. The van der Waals surface area contributed by atoms with E-state index in [4.69, 9.17) is 5.73 Å². The van der Waals surface area contributed by atoms with Crippen LogP contribution >= 0.6 is 0 Å². The average molecular weight is 271 g/mol. The third kappa shape index (κ3) is 2.84. The standard InChI is InChI=1S/C11H17N3O3S/c1-14-6-9(12)4-10(14)11(15)13-5-8-2-3-18(16,17)7-8/h4,6,8H,2-3,5,7,12H2,1H3,(H,13,15). The van der Waals surface area contributed by atoms with Gasteiger partial charge in [0.2, 0.25) is 0 Å². The molecule has 2 rings (SSSR count). The van der Waals surface area contributed by atoms with E-state index < -0.39 is 9.84 Å². The van der Waals surface area contributed by atoms with Crippen LogP contribution in [0.15, 0.2) is 12.3 Å². The number of aryl methyl sites for hydroxylation is 1. The molecular formula is C11H17N3O3S. The lowest BCUT2D eigenvalue weighted by Crippen LogP contribution is -2.30. The highest BCUT2D eigenvalue weighted by molar-refractivity contribution is 7.91. The predicted octanol–water partition coefficient (Wildman–Crippen LogP) is -0.228. The third-order valence-electron chi connectivity index (χ3n) is 3.14. The number of aromatic nitrogens is 1. The quantitative estimate of drug-likeness (QED) is 0.794. The van der Waals surface area contributed by atoms with Crippen molar-refractivity contribution >= 4 is 21.4 Å². The van der Waals surface area contributed by atoms with E-state index in [1.165, 1.54) is 0 Å². The number of carbonyl (C=O) groups is 1. The summed E-state index contributed by atoms with van der Waals surface area (Å²) >= 11 is 0. The number of nitrogen functional groups attached to an aromatic ring is 1. The number of sulfone groups is 1. The Kier molecular flexibility index (Phi) is 3.34. The second-order valence-corrected chi connectivity index (χ2v) is 6.98. The minimum absolute atomic E-state index is 0.0246. The summed E-state index contributed by atoms with van der Waals surface area (Å²) in [6.07, 6.45) is 2.28. The van der Waals surface area contributed by atoms with E-state index in [0.29, 0.717) is 24.3 Å². The topological polar surface area (TPSA) is 94.2 Å². The summed E-state index contributed by atoms with van der Waals surface area (Å²) < 4.78 is 24.2. The SMILES string of the molecule is Cn1cc(N)cc1C(=O)NCC1CCS(=O)(=O)C1. The molecule has 18 heavy (non-hydrogen) atoms. The summed E-state index contributed by atoms with van der Waals surface area (Å²) in [5.74, 6) is 0.197. The first-order valence-electron chi connectivity index (χ1n) is 5.78. The zero-order valence-electron chi connectivity index (χ0n) is 10.2. The van der Waals surface area contributed by atoms with Gasteiger partial charge in [-0.15, -0.1) is 0 Å². The van der Waals surface area contributed by atoms with Crippen LogP contribution in [0, 0.1) is 5.92 Å². The van der Waals surface area contributed by atoms with Crippen molar-refractivity contribution in [3.8, 4) is 0 Å². The Morgan fingerprint density at radius 2 is 2.33 bits per heavy atom. The van der Waals surface area contributed by atoms with Gasteiger partial charge in [0.05, 0.1) is 17.2 Å². The van der Waals surface area contributed by atoms with Gasteiger partial charge in [-0.1, -0.05) is 0 Å². The zero-order valence-corrected chi connectivity index (χ0v) is 11.0. The Bertz CT molecular complexity index is 562. The van der Waals surface area contributed by atoms with E-state index in [-0.39, 0.29) is 23.3 Å². The molecule has 2 heterocycles. The van der Waals surface area contributed by atoms with Gasteiger partial charge < -0.3 is 15.6 Å². The van der Waals surface area contributed by atoms with E-state index in [2.05, 4.69) is 5.32 Å². The third-order valence-corrected chi connectivity index (χ3v) is 4.97. The van der Waals surface area contributed by atoms with Crippen LogP contribution in [0.3, 0.4) is 0 Å². The van der Waals surface area contributed by atoms with E-state index in [1.807, 2.05) is 0 Å². The van der Waals surface area contributed by atoms with Crippen molar-refractivity contribution in [2.24, 2.45) is 13.0 Å². The summed E-state index contributed by atoms with van der Waals surface area (Å²) in [6.45, 7) is 0.392. The highest BCUT2D eigenvalue weighted by Crippen LogP contribution is 2.17. The van der Waals surface area contributed by atoms with Gasteiger partial charge in [-0.2, -0.15) is 0 Å². The number of amides is 1. The minimum atomic E-state index is -2.89. The van der Waals surface area contributed by atoms with Crippen molar-refractivity contribution in [3.05, 3.63) is 18.0 Å². The summed E-state index contributed by atoms with van der Waals surface area (Å²) in [5, 5.41) is 2.75. The van der Waals surface area contributed by atoms with Crippen LogP contribution in [0.4, 0.5) is 5.69 Å². The molecule has 1 saturated heterocycles. The normalized spacial score (nSPS) is 21.9. The molecule has 0 bridgehead atoms. The average Bonchev–Trinajstić information content (AvgIpc) is 2.78. The molecule has 0 saturated carbocycles. The molecule has 0 aliphatic carbocycles. The van der Waals surface area contributed by atoms with Gasteiger partial charge >= 0.3 is 0 Å². The number of nitrogens with zero attached hydrogens (tertiary/aromatic N) is 1. The van der Waals surface area contributed by atoms with Gasteiger partial charge in [0.15, 0.2) is 9.84 Å². The molecule has 1 aromatic rings. The second kappa shape index (κ2) is 4.64. The molecule has 1 amide bonds. The first-order chi connectivity index (χ1) is 8.37. The van der Waals surface area contributed by atoms with Crippen molar-refractivity contribution in [2.45, 2.75) is 6.42 Å². The minimum Gasteiger partial charge on any atom is -0.397 e. The van der Waals surface area contributed by atoms with Crippen LogP contribution in [0.25, 0.3) is 0 Å². The molecule has 1 aliphatic rings. The summed E-state index contributed by atoms with van der Waals surface area (Å²) in [7, 11) is -1.15. The van der Waals surface area contributed by atoms with Crippen LogP contribution < -0.4 is 11.1 Å². The Balaban J connectivity index is 1.91. The monoisotopic (exact) mass is 271 g/mol. The molecule has 0 radical (unpaired) electrons. The maximum atomic E-state index is 11.9. The molecule has 6 nitrogen and oxygen atoms in total. The lowest BCUT2D eigenvalue weighted by atomic mass is 10.1. The molecule has 1 unspecified atom stereocenters. The van der Waals surface area contributed by atoms with Gasteiger partial charge in [0.1, 0.15) is 5.69 Å². The predicted molar refractivity (Wildman–Crippen MR) is 68.9 cm³/mol. The molecule has 100 valence electrons. The van der Waals surface area contributed by atoms with Crippen molar-refractivity contribution in [1.29, 1.82) is 0 Å². The van der Waals surface area contributed by atoms with Gasteiger partial charge in [-0.05, 0) is 18.4 Å². The van der Waals surface area contributed by atoms with Crippen LogP contribution in [0.1, 0.15) is 16.9 Å². The van der Waals surface area contributed by atoms with Crippen molar-refractivity contribution in [3.63, 3.8) is 0 Å². The molecule has 1 aromatic heterocycles. The number of carbonyl (C=O) groups excluding carboxylic acids is 1. The summed E-state index contributed by atoms with van der Waals surface area (Å²) in [4.78, 5) is 11.9. The fraction of sp³-hybridized carbons (Fsp3) is 0.545. The Morgan fingerprint density at radius 3 is 2.83 bits per heavy atom. The smallest absolute Gasteiger partial charge is 0.267 e. The molecule has 0 aromatic carbocycles. The number of nitrogens with two attached hydrogens (primary N) is 1. The highest BCUT2D eigenvalue weighted by atomic mass is 32.2. The highest BCUT2D eigenvalue weighted by Gasteiger charge is 2.28. The van der Waals surface area contributed by atoms with Crippen molar-refractivity contribution in [1.82, 2.24) is 9.88 Å². The van der Waals surface area contributed by atoms with Crippen LogP contribution in [0.2, 0.25) is 0 Å². The number of rotatable bonds is 3. The van der Waals surface area contributed by atoms with Gasteiger partial charge in [-0.25, -0.2) is 8.42 Å². The van der Waals surface area contributed by atoms with E-state index >= 15 is 0 Å². The number of hydrogen-bond acceptors (Lipinski definition) is 4. The van der Waals surface area contributed by atoms with Crippen LogP contribution in [-0.4, -0.2) is 36.9 Å². The van der Waals surface area contributed by atoms with E-state index in [1.54, 1.807) is 23.9 Å². The maximum Gasteiger partial charge on any atom is 0.267 e. The zero-order chi connectivity index (χ0) is 13.3. The van der Waals surface area contributed by atoms with Gasteiger partial charge in [0, 0.05) is 19.8 Å². The van der Waals surface area contributed by atoms with Crippen LogP contribution in [0.5, 0.6) is 0 Å². The molecule has 1 fully saturated rings. The van der Waals surface area contributed by atoms with E-state index in [0.717, 1.165) is 0 Å².